The molecule has 0 unspecified atom stereocenters. The van der Waals surface area contributed by atoms with Crippen molar-refractivity contribution in [1.82, 2.24) is 9.71 Å². The summed E-state index contributed by atoms with van der Waals surface area (Å²) in [4.78, 5) is 3.91. The number of methoxy groups -OCH3 is 1. The van der Waals surface area contributed by atoms with E-state index in [4.69, 9.17) is 10.6 Å². The number of hydrogen-bond donors (Lipinski definition) is 3. The van der Waals surface area contributed by atoms with E-state index in [2.05, 4.69) is 15.1 Å². The zero-order valence-electron chi connectivity index (χ0n) is 10.9. The smallest absolute Gasteiger partial charge is 0.244 e. The monoisotopic (exact) mass is 288 g/mol. The lowest BCUT2D eigenvalue weighted by Gasteiger charge is -2.09. The van der Waals surface area contributed by atoms with Gasteiger partial charge in [0, 0.05) is 26.5 Å². The van der Waals surface area contributed by atoms with E-state index < -0.39 is 10.0 Å². The fourth-order valence-electron chi connectivity index (χ4n) is 1.55. The number of pyridine rings is 1. The molecule has 0 aliphatic heterocycles. The van der Waals surface area contributed by atoms with Gasteiger partial charge in [-0.25, -0.2) is 24.0 Å². The second-order valence-corrected chi connectivity index (χ2v) is 5.68. The zero-order valence-corrected chi connectivity index (χ0v) is 11.7. The van der Waals surface area contributed by atoms with E-state index in [1.807, 2.05) is 0 Å². The van der Waals surface area contributed by atoms with Gasteiger partial charge >= 0.3 is 0 Å². The summed E-state index contributed by atoms with van der Waals surface area (Å²) in [5.74, 6) is 5.37. The van der Waals surface area contributed by atoms with Gasteiger partial charge in [-0.2, -0.15) is 0 Å². The number of aromatic nitrogens is 1. The Morgan fingerprint density at radius 2 is 2.16 bits per heavy atom. The molecule has 1 aromatic heterocycles. The molecule has 1 heterocycles. The molecule has 108 valence electrons. The normalized spacial score (nSPS) is 11.5. The van der Waals surface area contributed by atoms with Gasteiger partial charge in [0.05, 0.1) is 0 Å². The average molecular weight is 288 g/mol. The first kappa shape index (κ1) is 15.8. The van der Waals surface area contributed by atoms with Crippen LogP contribution in [-0.2, 0) is 14.8 Å². The van der Waals surface area contributed by atoms with Crippen LogP contribution in [-0.4, -0.2) is 33.7 Å². The molecular formula is C11H20N4O3S. The minimum atomic E-state index is -3.58. The third-order valence-corrected chi connectivity index (χ3v) is 4.01. The standard InChI is InChI=1S/C11H20N4O3S/c1-18-9-4-2-3-8-14-19(16,17)10-6-5-7-13-11(10)15-12/h5-7,14H,2-4,8-9,12H2,1H3,(H,13,15). The molecule has 4 N–H and O–H groups in total. The molecule has 0 aromatic carbocycles. The molecule has 0 radical (unpaired) electrons. The predicted molar refractivity (Wildman–Crippen MR) is 73.0 cm³/mol. The molecule has 0 saturated heterocycles. The summed E-state index contributed by atoms with van der Waals surface area (Å²) >= 11 is 0. The molecule has 1 rings (SSSR count). The van der Waals surface area contributed by atoms with E-state index in [1.165, 1.54) is 12.3 Å². The minimum Gasteiger partial charge on any atom is -0.385 e. The van der Waals surface area contributed by atoms with Gasteiger partial charge in [-0.3, -0.25) is 0 Å². The molecule has 7 nitrogen and oxygen atoms in total. The Labute approximate surface area is 113 Å². The van der Waals surface area contributed by atoms with Gasteiger partial charge < -0.3 is 10.2 Å². The van der Waals surface area contributed by atoms with Crippen LogP contribution in [0.4, 0.5) is 5.82 Å². The van der Waals surface area contributed by atoms with Gasteiger partial charge in [-0.05, 0) is 31.4 Å². The predicted octanol–water partition coefficient (Wildman–Crippen LogP) is 0.462. The van der Waals surface area contributed by atoms with Gasteiger partial charge in [-0.1, -0.05) is 0 Å². The Morgan fingerprint density at radius 3 is 2.84 bits per heavy atom. The van der Waals surface area contributed by atoms with E-state index in [1.54, 1.807) is 13.2 Å². The van der Waals surface area contributed by atoms with Crippen molar-refractivity contribution in [2.75, 3.05) is 25.7 Å². The first-order valence-electron chi connectivity index (χ1n) is 6.02. The number of unbranched alkanes of at least 4 members (excludes halogenated alkanes) is 2. The Bertz CT molecular complexity index is 479. The summed E-state index contributed by atoms with van der Waals surface area (Å²) in [6, 6.07) is 3.00. The van der Waals surface area contributed by atoms with Crippen LogP contribution in [0, 0.1) is 0 Å². The lowest BCUT2D eigenvalue weighted by atomic mass is 10.2. The maximum Gasteiger partial charge on any atom is 0.244 e. The molecule has 0 aliphatic carbocycles. The summed E-state index contributed by atoms with van der Waals surface area (Å²) in [6.45, 7) is 1.07. The van der Waals surface area contributed by atoms with Crippen molar-refractivity contribution in [2.45, 2.75) is 24.2 Å². The molecule has 0 aliphatic rings. The summed E-state index contributed by atoms with van der Waals surface area (Å²) in [5.41, 5.74) is 2.27. The Hall–Kier alpha value is -1.22. The third kappa shape index (κ3) is 5.11. The number of sulfonamides is 1. The first-order valence-corrected chi connectivity index (χ1v) is 7.50. The lowest BCUT2D eigenvalue weighted by Crippen LogP contribution is -2.26. The van der Waals surface area contributed by atoms with E-state index in [0.29, 0.717) is 13.2 Å². The number of nitrogens with two attached hydrogens (primary N) is 1. The second kappa shape index (κ2) is 8.05. The Balaban J connectivity index is 2.52. The average Bonchev–Trinajstić information content (AvgIpc) is 2.42. The molecule has 19 heavy (non-hydrogen) atoms. The summed E-state index contributed by atoms with van der Waals surface area (Å²) in [5, 5.41) is 0. The van der Waals surface area contributed by atoms with Crippen LogP contribution in [0.25, 0.3) is 0 Å². The Kier molecular flexibility index (Phi) is 6.71. The number of hydrazine groups is 1. The third-order valence-electron chi connectivity index (χ3n) is 2.51. The van der Waals surface area contributed by atoms with Crippen LogP contribution >= 0.6 is 0 Å². The highest BCUT2D eigenvalue weighted by atomic mass is 32.2. The quantitative estimate of drug-likeness (QED) is 0.346. The van der Waals surface area contributed by atoms with Crippen LogP contribution in [0.1, 0.15) is 19.3 Å². The van der Waals surface area contributed by atoms with Gasteiger partial charge in [-0.15, -0.1) is 0 Å². The highest BCUT2D eigenvalue weighted by molar-refractivity contribution is 7.89. The molecule has 0 saturated carbocycles. The number of anilines is 1. The van der Waals surface area contributed by atoms with Gasteiger partial charge in [0.1, 0.15) is 4.90 Å². The summed E-state index contributed by atoms with van der Waals surface area (Å²) in [7, 11) is -1.94. The van der Waals surface area contributed by atoms with Crippen molar-refractivity contribution in [3.63, 3.8) is 0 Å². The lowest BCUT2D eigenvalue weighted by molar-refractivity contribution is 0.192. The van der Waals surface area contributed by atoms with Gasteiger partial charge in [0.15, 0.2) is 5.82 Å². The molecule has 1 aromatic rings. The van der Waals surface area contributed by atoms with Gasteiger partial charge in [0.25, 0.3) is 0 Å². The van der Waals surface area contributed by atoms with Crippen molar-refractivity contribution >= 4 is 15.8 Å². The maximum absolute atomic E-state index is 12.0. The van der Waals surface area contributed by atoms with Crippen LogP contribution in [0.2, 0.25) is 0 Å². The van der Waals surface area contributed by atoms with E-state index >= 15 is 0 Å². The van der Waals surface area contributed by atoms with Crippen LogP contribution in [0.5, 0.6) is 0 Å². The number of nitrogen functional groups attached to an aromatic ring is 1. The zero-order chi connectivity index (χ0) is 14.1. The molecule has 0 spiro atoms. The minimum absolute atomic E-state index is 0.0504. The highest BCUT2D eigenvalue weighted by Gasteiger charge is 2.17. The summed E-state index contributed by atoms with van der Waals surface area (Å²) < 4.78 is 31.5. The largest absolute Gasteiger partial charge is 0.385 e. The second-order valence-electron chi connectivity index (χ2n) is 3.95. The number of nitrogens with zero attached hydrogens (tertiary/aromatic N) is 1. The van der Waals surface area contributed by atoms with Crippen LogP contribution < -0.4 is 16.0 Å². The van der Waals surface area contributed by atoms with Crippen LogP contribution in [0.15, 0.2) is 23.2 Å². The van der Waals surface area contributed by atoms with Crippen LogP contribution in [0.3, 0.4) is 0 Å². The fourth-order valence-corrected chi connectivity index (χ4v) is 2.74. The molecule has 8 heteroatoms. The van der Waals surface area contributed by atoms with Crippen molar-refractivity contribution in [1.29, 1.82) is 0 Å². The van der Waals surface area contributed by atoms with E-state index in [9.17, 15) is 8.42 Å². The number of rotatable bonds is 9. The topological polar surface area (TPSA) is 106 Å². The molecule has 0 fully saturated rings. The number of ether oxygens (including phenoxy) is 1. The van der Waals surface area contributed by atoms with E-state index in [0.717, 1.165) is 19.3 Å². The fraction of sp³-hybridized carbons (Fsp3) is 0.545. The first-order chi connectivity index (χ1) is 9.11. The van der Waals surface area contributed by atoms with Crippen molar-refractivity contribution in [3.05, 3.63) is 18.3 Å². The number of hydrogen-bond acceptors (Lipinski definition) is 6. The van der Waals surface area contributed by atoms with Crippen molar-refractivity contribution in [3.8, 4) is 0 Å². The highest BCUT2D eigenvalue weighted by Crippen LogP contribution is 2.16. The number of nitrogens with one attached hydrogen (secondary N) is 2. The van der Waals surface area contributed by atoms with Crippen molar-refractivity contribution < 1.29 is 13.2 Å². The molecule has 0 bridgehead atoms. The summed E-state index contributed by atoms with van der Waals surface area (Å²) in [6.07, 6.45) is 4.05. The maximum atomic E-state index is 12.0. The molecule has 0 amide bonds. The molecular weight excluding hydrogens is 268 g/mol. The van der Waals surface area contributed by atoms with Gasteiger partial charge in [0.2, 0.25) is 10.0 Å². The Morgan fingerprint density at radius 1 is 1.37 bits per heavy atom. The van der Waals surface area contributed by atoms with E-state index in [-0.39, 0.29) is 10.7 Å². The molecule has 0 atom stereocenters. The van der Waals surface area contributed by atoms with Crippen molar-refractivity contribution in [2.24, 2.45) is 5.84 Å². The SMILES string of the molecule is COCCCCCNS(=O)(=O)c1cccnc1NN.